The van der Waals surface area contributed by atoms with Crippen molar-refractivity contribution >= 4 is 64.0 Å². The lowest BCUT2D eigenvalue weighted by Gasteiger charge is -2.27. The molecular formula is C25H28ClN5O7S. The summed E-state index contributed by atoms with van der Waals surface area (Å²) in [7, 11) is 3.08. The van der Waals surface area contributed by atoms with E-state index in [1.165, 1.54) is 22.9 Å². The van der Waals surface area contributed by atoms with Crippen molar-refractivity contribution in [3.05, 3.63) is 45.6 Å². The van der Waals surface area contributed by atoms with E-state index in [1.807, 2.05) is 0 Å². The minimum Gasteiger partial charge on any atom is -0.442 e. The third-order valence-corrected chi connectivity index (χ3v) is 7.39. The predicted molar refractivity (Wildman–Crippen MR) is 144 cm³/mol. The highest BCUT2D eigenvalue weighted by molar-refractivity contribution is 7.18. The molecule has 1 N–H and O–H groups in total. The second kappa shape index (κ2) is 12.6. The molecule has 1 aromatic carbocycles. The summed E-state index contributed by atoms with van der Waals surface area (Å²) in [5.41, 5.74) is 1.23. The van der Waals surface area contributed by atoms with Gasteiger partial charge >= 0.3 is 6.09 Å². The van der Waals surface area contributed by atoms with Crippen LogP contribution in [0.3, 0.4) is 0 Å². The summed E-state index contributed by atoms with van der Waals surface area (Å²) >= 11 is 7.01. The molecule has 39 heavy (non-hydrogen) atoms. The molecule has 0 aliphatic carbocycles. The van der Waals surface area contributed by atoms with E-state index in [-0.39, 0.29) is 49.5 Å². The van der Waals surface area contributed by atoms with Crippen LogP contribution in [-0.4, -0.2) is 106 Å². The zero-order valence-corrected chi connectivity index (χ0v) is 23.0. The Labute approximate surface area is 234 Å². The number of benzene rings is 1. The summed E-state index contributed by atoms with van der Waals surface area (Å²) in [6, 6.07) is 9.93. The Morgan fingerprint density at radius 3 is 2.38 bits per heavy atom. The minimum absolute atomic E-state index is 0.0208. The molecule has 2 fully saturated rings. The Morgan fingerprint density at radius 2 is 1.77 bits per heavy atom. The lowest BCUT2D eigenvalue weighted by Crippen LogP contribution is -2.48. The number of nitrogens with zero attached hydrogens (tertiary/aromatic N) is 4. The average molecular weight is 578 g/mol. The first kappa shape index (κ1) is 28.5. The number of likely N-dealkylation sites (N-methyl/N-ethyl adjacent to an activating group) is 2. The van der Waals surface area contributed by atoms with Crippen LogP contribution in [0.15, 0.2) is 36.4 Å². The molecule has 12 nitrogen and oxygen atoms in total. The van der Waals surface area contributed by atoms with E-state index in [9.17, 15) is 24.0 Å². The van der Waals surface area contributed by atoms with Gasteiger partial charge in [0.15, 0.2) is 0 Å². The quantitative estimate of drug-likeness (QED) is 0.474. The van der Waals surface area contributed by atoms with Crippen LogP contribution in [0.4, 0.5) is 16.2 Å². The molecule has 5 amide bonds. The smallest absolute Gasteiger partial charge is 0.414 e. The number of ether oxygens (including phenoxy) is 2. The molecule has 4 rings (SSSR count). The number of imide groups is 1. The van der Waals surface area contributed by atoms with Gasteiger partial charge in [-0.3, -0.25) is 29.0 Å². The minimum atomic E-state index is -0.806. The maximum absolute atomic E-state index is 13.3. The van der Waals surface area contributed by atoms with Gasteiger partial charge in [-0.25, -0.2) is 4.79 Å². The number of morpholine rings is 1. The lowest BCUT2D eigenvalue weighted by molar-refractivity contribution is -0.137. The zero-order valence-electron chi connectivity index (χ0n) is 21.4. The molecule has 0 bridgehead atoms. The molecular weight excluding hydrogens is 550 g/mol. The predicted octanol–water partition coefficient (Wildman–Crippen LogP) is 1.44. The third kappa shape index (κ3) is 6.74. The van der Waals surface area contributed by atoms with E-state index >= 15 is 0 Å². The van der Waals surface area contributed by atoms with Crippen molar-refractivity contribution in [2.45, 2.75) is 6.10 Å². The first-order chi connectivity index (χ1) is 18.7. The monoisotopic (exact) mass is 577 g/mol. The average Bonchev–Trinajstić information content (AvgIpc) is 3.52. The molecule has 2 aliphatic rings. The highest BCUT2D eigenvalue weighted by atomic mass is 35.5. The molecule has 2 aliphatic heterocycles. The fraction of sp³-hybridized carbons (Fsp3) is 0.400. The van der Waals surface area contributed by atoms with Crippen LogP contribution < -0.4 is 15.1 Å². The second-order valence-electron chi connectivity index (χ2n) is 8.92. The number of carbonyl (C=O) groups excluding carboxylic acids is 5. The number of amides is 5. The van der Waals surface area contributed by atoms with Crippen molar-refractivity contribution in [3.8, 4) is 0 Å². The largest absolute Gasteiger partial charge is 0.442 e. The van der Waals surface area contributed by atoms with Crippen molar-refractivity contribution in [2.75, 3.05) is 69.8 Å². The number of hydrogen-bond acceptors (Lipinski definition) is 9. The van der Waals surface area contributed by atoms with Crippen LogP contribution in [0.1, 0.15) is 9.67 Å². The Balaban J connectivity index is 1.47. The number of hydrogen-bond donors (Lipinski definition) is 1. The Hall–Kier alpha value is -3.52. The standard InChI is InChI=1S/C25H28ClN5O7S/c1-27-11-21(32)28(2)14-22(33)31(24(35)19-7-8-20(26)39-19)13-18-12-30(25(36)38-18)17-5-3-16(4-6-17)29-9-10-37-15-23(29)34/h3-8,18,27H,9-15H2,1-2H3/t18-/m1/s1. The van der Waals surface area contributed by atoms with Crippen LogP contribution in [0.5, 0.6) is 0 Å². The van der Waals surface area contributed by atoms with Gasteiger partial charge in [0, 0.05) is 25.0 Å². The van der Waals surface area contributed by atoms with Crippen LogP contribution in [0.2, 0.25) is 4.34 Å². The number of nitrogens with one attached hydrogen (secondary N) is 1. The maximum Gasteiger partial charge on any atom is 0.414 e. The van der Waals surface area contributed by atoms with Crippen molar-refractivity contribution in [3.63, 3.8) is 0 Å². The molecule has 1 atom stereocenters. The molecule has 2 aromatic rings. The van der Waals surface area contributed by atoms with Gasteiger partial charge in [-0.05, 0) is 43.4 Å². The molecule has 0 unspecified atom stereocenters. The van der Waals surface area contributed by atoms with Gasteiger partial charge < -0.3 is 24.6 Å². The SMILES string of the molecule is CNCC(=O)N(C)CC(=O)N(C[C@H]1CN(c2ccc(N3CCOCC3=O)cc2)C(=O)O1)C(=O)c1ccc(Cl)s1. The Morgan fingerprint density at radius 1 is 1.08 bits per heavy atom. The number of rotatable bonds is 9. The number of anilines is 2. The van der Waals surface area contributed by atoms with E-state index < -0.39 is 24.0 Å². The molecule has 3 heterocycles. The Bertz CT molecular complexity index is 1250. The Kier molecular flexibility index (Phi) is 9.17. The number of carbonyl (C=O) groups is 5. The summed E-state index contributed by atoms with van der Waals surface area (Å²) in [5.74, 6) is -1.68. The number of thiophene rings is 1. The van der Waals surface area contributed by atoms with Crippen LogP contribution in [0.25, 0.3) is 0 Å². The first-order valence-electron chi connectivity index (χ1n) is 12.1. The second-order valence-corrected chi connectivity index (χ2v) is 10.6. The van der Waals surface area contributed by atoms with E-state index in [1.54, 1.807) is 42.3 Å². The first-order valence-corrected chi connectivity index (χ1v) is 13.3. The molecule has 0 radical (unpaired) electrons. The molecule has 14 heteroatoms. The number of halogens is 1. The molecule has 208 valence electrons. The number of cyclic esters (lactones) is 1. The normalized spacial score (nSPS) is 17.3. The van der Waals surface area contributed by atoms with Crippen molar-refractivity contribution in [1.82, 2.24) is 15.1 Å². The third-order valence-electron chi connectivity index (χ3n) is 6.18. The van der Waals surface area contributed by atoms with Gasteiger partial charge in [0.1, 0.15) is 12.7 Å². The summed E-state index contributed by atoms with van der Waals surface area (Å²) in [4.78, 5) is 68.9. The summed E-state index contributed by atoms with van der Waals surface area (Å²) in [6.07, 6.45) is -1.44. The van der Waals surface area contributed by atoms with Gasteiger partial charge in [0.2, 0.25) is 11.8 Å². The molecule has 1 aromatic heterocycles. The molecule has 2 saturated heterocycles. The van der Waals surface area contributed by atoms with Gasteiger partial charge in [0.25, 0.3) is 11.8 Å². The molecule has 0 saturated carbocycles. The van der Waals surface area contributed by atoms with Crippen LogP contribution in [0, 0.1) is 0 Å². The lowest BCUT2D eigenvalue weighted by atomic mass is 10.2. The summed E-state index contributed by atoms with van der Waals surface area (Å²) in [6.45, 7) is 0.486. The van der Waals surface area contributed by atoms with Gasteiger partial charge in [-0.1, -0.05) is 11.6 Å². The fourth-order valence-electron chi connectivity index (χ4n) is 4.16. The van der Waals surface area contributed by atoms with Gasteiger partial charge in [-0.2, -0.15) is 0 Å². The van der Waals surface area contributed by atoms with Crippen molar-refractivity contribution in [1.29, 1.82) is 0 Å². The van der Waals surface area contributed by atoms with E-state index in [2.05, 4.69) is 5.32 Å². The van der Waals surface area contributed by atoms with Crippen LogP contribution in [-0.2, 0) is 23.9 Å². The van der Waals surface area contributed by atoms with Crippen molar-refractivity contribution < 1.29 is 33.4 Å². The summed E-state index contributed by atoms with van der Waals surface area (Å²) < 4.78 is 11.0. The van der Waals surface area contributed by atoms with Gasteiger partial charge in [0.05, 0.1) is 42.0 Å². The van der Waals surface area contributed by atoms with E-state index in [0.29, 0.717) is 28.9 Å². The van der Waals surface area contributed by atoms with Gasteiger partial charge in [-0.15, -0.1) is 11.3 Å². The topological polar surface area (TPSA) is 129 Å². The van der Waals surface area contributed by atoms with E-state index in [0.717, 1.165) is 16.2 Å². The highest BCUT2D eigenvalue weighted by Gasteiger charge is 2.37. The molecule has 0 spiro atoms. The van der Waals surface area contributed by atoms with Crippen molar-refractivity contribution in [2.24, 2.45) is 0 Å². The van der Waals surface area contributed by atoms with E-state index in [4.69, 9.17) is 21.1 Å². The zero-order chi connectivity index (χ0) is 28.1. The maximum atomic E-state index is 13.3. The summed E-state index contributed by atoms with van der Waals surface area (Å²) in [5, 5.41) is 2.73. The van der Waals surface area contributed by atoms with Crippen LogP contribution >= 0.6 is 22.9 Å². The highest BCUT2D eigenvalue weighted by Crippen LogP contribution is 2.27. The fourth-order valence-corrected chi connectivity index (χ4v) is 5.15.